The summed E-state index contributed by atoms with van der Waals surface area (Å²) in [6.07, 6.45) is 0.538. The van der Waals surface area contributed by atoms with Crippen LogP contribution in [-0.2, 0) is 6.42 Å². The van der Waals surface area contributed by atoms with Gasteiger partial charge in [0.2, 0.25) is 0 Å². The van der Waals surface area contributed by atoms with E-state index in [1.165, 1.54) is 17.2 Å². The van der Waals surface area contributed by atoms with Crippen LogP contribution < -0.4 is 11.3 Å². The number of halogens is 2. The molecule has 0 spiro atoms. The Kier molecular flexibility index (Phi) is 4.76. The fraction of sp³-hybridized carbons (Fsp3) is 0.250. The molecule has 0 saturated heterocycles. The third kappa shape index (κ3) is 3.37. The van der Waals surface area contributed by atoms with E-state index in [1.807, 2.05) is 19.9 Å². The fourth-order valence-corrected chi connectivity index (χ4v) is 2.61. The van der Waals surface area contributed by atoms with Gasteiger partial charge in [-0.3, -0.25) is 11.3 Å². The normalized spacial score (nSPS) is 12.4. The first-order valence-corrected chi connectivity index (χ1v) is 6.86. The third-order valence-corrected chi connectivity index (χ3v) is 3.73. The first-order chi connectivity index (χ1) is 9.51. The second kappa shape index (κ2) is 6.35. The molecule has 0 aliphatic carbocycles. The molecular weight excluding hydrogens is 275 g/mol. The zero-order valence-corrected chi connectivity index (χ0v) is 12.3. The average Bonchev–Trinajstić information content (AvgIpc) is 2.39. The van der Waals surface area contributed by atoms with Crippen LogP contribution in [0.5, 0.6) is 0 Å². The number of aryl methyl sites for hydroxylation is 2. The Balaban J connectivity index is 2.31. The van der Waals surface area contributed by atoms with Crippen LogP contribution in [0.4, 0.5) is 4.39 Å². The van der Waals surface area contributed by atoms with Gasteiger partial charge in [0, 0.05) is 0 Å². The Bertz CT molecular complexity index is 593. The number of nitrogens with two attached hydrogens (primary N) is 1. The Hall–Kier alpha value is -1.42. The van der Waals surface area contributed by atoms with Crippen LogP contribution in [0.3, 0.4) is 0 Å². The summed E-state index contributed by atoms with van der Waals surface area (Å²) in [5.41, 5.74) is 6.95. The average molecular weight is 293 g/mol. The van der Waals surface area contributed by atoms with Crippen molar-refractivity contribution in [2.45, 2.75) is 26.3 Å². The number of hydrazine groups is 1. The van der Waals surface area contributed by atoms with Crippen molar-refractivity contribution < 1.29 is 4.39 Å². The molecule has 0 heterocycles. The lowest BCUT2D eigenvalue weighted by Gasteiger charge is -2.18. The molecule has 1 unspecified atom stereocenters. The minimum atomic E-state index is -0.402. The first kappa shape index (κ1) is 15.0. The van der Waals surface area contributed by atoms with E-state index >= 15 is 0 Å². The van der Waals surface area contributed by atoms with Crippen molar-refractivity contribution in [1.29, 1.82) is 0 Å². The molecule has 106 valence electrons. The largest absolute Gasteiger partial charge is 0.271 e. The number of benzene rings is 2. The van der Waals surface area contributed by atoms with Gasteiger partial charge >= 0.3 is 0 Å². The van der Waals surface area contributed by atoms with Crippen LogP contribution in [0.15, 0.2) is 36.4 Å². The monoisotopic (exact) mass is 292 g/mol. The molecule has 0 aromatic heterocycles. The van der Waals surface area contributed by atoms with Crippen LogP contribution in [0.25, 0.3) is 0 Å². The molecule has 3 N–H and O–H groups in total. The van der Waals surface area contributed by atoms with Gasteiger partial charge < -0.3 is 0 Å². The maximum Gasteiger partial charge on any atom is 0.142 e. The van der Waals surface area contributed by atoms with Crippen molar-refractivity contribution >= 4 is 11.6 Å². The van der Waals surface area contributed by atoms with Crippen molar-refractivity contribution in [2.75, 3.05) is 0 Å². The van der Waals surface area contributed by atoms with Gasteiger partial charge in [-0.25, -0.2) is 4.39 Å². The third-order valence-electron chi connectivity index (χ3n) is 3.30. The zero-order valence-electron chi connectivity index (χ0n) is 11.6. The topological polar surface area (TPSA) is 38.0 Å². The van der Waals surface area contributed by atoms with E-state index in [1.54, 1.807) is 6.07 Å². The molecule has 0 aliphatic rings. The highest BCUT2D eigenvalue weighted by Crippen LogP contribution is 2.26. The highest BCUT2D eigenvalue weighted by atomic mass is 35.5. The van der Waals surface area contributed by atoms with Gasteiger partial charge in [0.1, 0.15) is 5.82 Å². The van der Waals surface area contributed by atoms with Gasteiger partial charge in [-0.15, -0.1) is 0 Å². The standard InChI is InChI=1S/C16H18ClFN2/c1-10-6-11(2)8-13(7-10)15(20-19)9-12-4-3-5-14(18)16(12)17/h3-8,15,20H,9,19H2,1-2H3. The van der Waals surface area contributed by atoms with Gasteiger partial charge in [0.15, 0.2) is 0 Å². The van der Waals surface area contributed by atoms with Crippen LogP contribution in [0, 0.1) is 19.7 Å². The second-order valence-electron chi connectivity index (χ2n) is 5.06. The summed E-state index contributed by atoms with van der Waals surface area (Å²) < 4.78 is 13.5. The predicted octanol–water partition coefficient (Wildman–Crippen LogP) is 3.84. The van der Waals surface area contributed by atoms with Crippen LogP contribution in [-0.4, -0.2) is 0 Å². The Morgan fingerprint density at radius 3 is 2.45 bits per heavy atom. The van der Waals surface area contributed by atoms with Crippen LogP contribution >= 0.6 is 11.6 Å². The minimum Gasteiger partial charge on any atom is -0.271 e. The molecule has 1 atom stereocenters. The molecule has 2 nitrogen and oxygen atoms in total. The molecule has 2 aromatic rings. The van der Waals surface area contributed by atoms with E-state index in [0.717, 1.165) is 11.1 Å². The van der Waals surface area contributed by atoms with Gasteiger partial charge in [0.25, 0.3) is 0 Å². The number of nitrogens with one attached hydrogen (secondary N) is 1. The fourth-order valence-electron chi connectivity index (χ4n) is 2.41. The highest BCUT2D eigenvalue weighted by molar-refractivity contribution is 6.31. The van der Waals surface area contributed by atoms with Gasteiger partial charge in [0.05, 0.1) is 11.1 Å². The highest BCUT2D eigenvalue weighted by Gasteiger charge is 2.14. The van der Waals surface area contributed by atoms with Crippen molar-refractivity contribution in [3.8, 4) is 0 Å². The Morgan fingerprint density at radius 1 is 1.20 bits per heavy atom. The molecule has 0 amide bonds. The van der Waals surface area contributed by atoms with E-state index in [9.17, 15) is 4.39 Å². The SMILES string of the molecule is Cc1cc(C)cc(C(Cc2cccc(F)c2Cl)NN)c1. The lowest BCUT2D eigenvalue weighted by molar-refractivity contribution is 0.548. The summed E-state index contributed by atoms with van der Waals surface area (Å²) in [5, 5.41) is 0.164. The summed E-state index contributed by atoms with van der Waals surface area (Å²) in [6.45, 7) is 4.08. The summed E-state index contributed by atoms with van der Waals surface area (Å²) in [7, 11) is 0. The molecule has 2 rings (SSSR count). The van der Waals surface area contributed by atoms with Gasteiger partial charge in [-0.05, 0) is 37.5 Å². The van der Waals surface area contributed by atoms with Gasteiger partial charge in [-0.1, -0.05) is 53.1 Å². The van der Waals surface area contributed by atoms with Crippen molar-refractivity contribution in [3.63, 3.8) is 0 Å². The van der Waals surface area contributed by atoms with E-state index in [0.29, 0.717) is 6.42 Å². The Morgan fingerprint density at radius 2 is 1.85 bits per heavy atom. The minimum absolute atomic E-state index is 0.104. The zero-order chi connectivity index (χ0) is 14.7. The lowest BCUT2D eigenvalue weighted by atomic mass is 9.96. The predicted molar refractivity (Wildman–Crippen MR) is 81.1 cm³/mol. The summed E-state index contributed by atoms with van der Waals surface area (Å²) in [4.78, 5) is 0. The first-order valence-electron chi connectivity index (χ1n) is 6.48. The van der Waals surface area contributed by atoms with Crippen LogP contribution in [0.2, 0.25) is 5.02 Å². The van der Waals surface area contributed by atoms with Crippen molar-refractivity contribution in [1.82, 2.24) is 5.43 Å². The molecule has 2 aromatic carbocycles. The van der Waals surface area contributed by atoms with E-state index < -0.39 is 5.82 Å². The van der Waals surface area contributed by atoms with Gasteiger partial charge in [-0.2, -0.15) is 0 Å². The maximum absolute atomic E-state index is 13.5. The van der Waals surface area contributed by atoms with E-state index in [-0.39, 0.29) is 11.1 Å². The molecule has 0 bridgehead atoms. The smallest absolute Gasteiger partial charge is 0.142 e. The number of rotatable bonds is 4. The molecule has 0 saturated carbocycles. The molecule has 0 radical (unpaired) electrons. The quantitative estimate of drug-likeness (QED) is 0.664. The number of hydrogen-bond acceptors (Lipinski definition) is 2. The Labute approximate surface area is 123 Å². The number of hydrogen-bond donors (Lipinski definition) is 2. The molecule has 20 heavy (non-hydrogen) atoms. The molecule has 0 aliphatic heterocycles. The molecule has 0 fully saturated rings. The van der Waals surface area contributed by atoms with E-state index in [4.69, 9.17) is 17.4 Å². The maximum atomic E-state index is 13.5. The van der Waals surface area contributed by atoms with Crippen molar-refractivity contribution in [2.24, 2.45) is 5.84 Å². The molecule has 4 heteroatoms. The lowest BCUT2D eigenvalue weighted by Crippen LogP contribution is -2.29. The van der Waals surface area contributed by atoms with Crippen LogP contribution in [0.1, 0.15) is 28.3 Å². The van der Waals surface area contributed by atoms with E-state index in [2.05, 4.69) is 23.6 Å². The van der Waals surface area contributed by atoms with Crippen molar-refractivity contribution in [3.05, 3.63) is 69.5 Å². The molecular formula is C16H18ClFN2. The summed E-state index contributed by atoms with van der Waals surface area (Å²) >= 11 is 6.00. The summed E-state index contributed by atoms with van der Waals surface area (Å²) in [5.74, 6) is 5.25. The second-order valence-corrected chi connectivity index (χ2v) is 5.44. The summed E-state index contributed by atoms with van der Waals surface area (Å²) in [6, 6.07) is 11.0.